The van der Waals surface area contributed by atoms with Gasteiger partial charge in [-0.15, -0.1) is 0 Å². The molecule has 1 amide bonds. The van der Waals surface area contributed by atoms with Crippen LogP contribution in [0.5, 0.6) is 17.2 Å². The van der Waals surface area contributed by atoms with Crippen molar-refractivity contribution in [1.29, 1.82) is 0 Å². The van der Waals surface area contributed by atoms with Gasteiger partial charge in [0.1, 0.15) is 11.5 Å². The number of nitrogens with one attached hydrogen (secondary N) is 1. The van der Waals surface area contributed by atoms with Crippen molar-refractivity contribution in [2.75, 3.05) is 52.4 Å². The Bertz CT molecular complexity index is 1070. The monoisotopic (exact) mass is 440 g/mol. The summed E-state index contributed by atoms with van der Waals surface area (Å²) >= 11 is 0. The summed E-state index contributed by atoms with van der Waals surface area (Å²) in [5.41, 5.74) is 2.68. The molecular formula is C23H25FN4O4. The number of anilines is 1. The van der Waals surface area contributed by atoms with Gasteiger partial charge in [-0.2, -0.15) is 5.10 Å². The van der Waals surface area contributed by atoms with Crippen LogP contribution in [0.25, 0.3) is 11.3 Å². The number of nitrogens with zero attached hydrogens (tertiary/aromatic N) is 3. The minimum absolute atomic E-state index is 0.116. The average Bonchev–Trinajstić information content (AvgIpc) is 3.33. The predicted octanol–water partition coefficient (Wildman–Crippen LogP) is 3.20. The number of H-pyrrole nitrogens is 1. The maximum atomic E-state index is 13.2. The van der Waals surface area contributed by atoms with Crippen LogP contribution in [0.4, 0.5) is 10.1 Å². The van der Waals surface area contributed by atoms with E-state index in [4.69, 9.17) is 14.2 Å². The number of hydrogen-bond donors (Lipinski definition) is 1. The van der Waals surface area contributed by atoms with Crippen molar-refractivity contribution in [3.8, 4) is 28.5 Å². The smallest absolute Gasteiger partial charge is 0.272 e. The van der Waals surface area contributed by atoms with E-state index in [9.17, 15) is 9.18 Å². The highest BCUT2D eigenvalue weighted by molar-refractivity contribution is 5.93. The van der Waals surface area contributed by atoms with E-state index in [1.54, 1.807) is 56.6 Å². The van der Waals surface area contributed by atoms with E-state index in [1.807, 2.05) is 0 Å². The Balaban J connectivity index is 1.47. The van der Waals surface area contributed by atoms with E-state index in [2.05, 4.69) is 15.1 Å². The van der Waals surface area contributed by atoms with Gasteiger partial charge in [0.2, 0.25) is 5.75 Å². The number of rotatable bonds is 6. The van der Waals surface area contributed by atoms with Gasteiger partial charge < -0.3 is 24.0 Å². The normalized spacial score (nSPS) is 13.8. The number of aromatic nitrogens is 2. The quantitative estimate of drug-likeness (QED) is 0.634. The molecule has 0 spiro atoms. The molecule has 32 heavy (non-hydrogen) atoms. The minimum Gasteiger partial charge on any atom is -0.493 e. The van der Waals surface area contributed by atoms with E-state index in [0.717, 1.165) is 11.3 Å². The molecule has 0 bridgehead atoms. The van der Waals surface area contributed by atoms with Crippen molar-refractivity contribution in [2.45, 2.75) is 0 Å². The van der Waals surface area contributed by atoms with Gasteiger partial charge in [-0.3, -0.25) is 9.89 Å². The number of carbonyl (C=O) groups excluding carboxylic acids is 1. The lowest BCUT2D eigenvalue weighted by Crippen LogP contribution is -2.48. The fraction of sp³-hybridized carbons (Fsp3) is 0.304. The van der Waals surface area contributed by atoms with Crippen molar-refractivity contribution >= 4 is 11.6 Å². The molecule has 1 saturated heterocycles. The summed E-state index contributed by atoms with van der Waals surface area (Å²) in [5.74, 6) is 1.13. The largest absolute Gasteiger partial charge is 0.493 e. The van der Waals surface area contributed by atoms with Crippen LogP contribution in [0.1, 0.15) is 10.5 Å². The van der Waals surface area contributed by atoms with E-state index in [0.29, 0.717) is 54.8 Å². The second kappa shape index (κ2) is 9.17. The molecule has 0 aliphatic carbocycles. The van der Waals surface area contributed by atoms with Crippen molar-refractivity contribution in [3.63, 3.8) is 0 Å². The van der Waals surface area contributed by atoms with Crippen LogP contribution in [0, 0.1) is 5.82 Å². The lowest BCUT2D eigenvalue weighted by atomic mass is 10.1. The first kappa shape index (κ1) is 21.5. The molecule has 0 saturated carbocycles. The van der Waals surface area contributed by atoms with Crippen molar-refractivity contribution in [3.05, 3.63) is 54.0 Å². The van der Waals surface area contributed by atoms with Gasteiger partial charge in [0.25, 0.3) is 5.91 Å². The van der Waals surface area contributed by atoms with E-state index in [1.165, 1.54) is 12.1 Å². The number of methoxy groups -OCH3 is 3. The van der Waals surface area contributed by atoms with Crippen LogP contribution < -0.4 is 19.1 Å². The molecule has 1 aliphatic heterocycles. The highest BCUT2D eigenvalue weighted by Crippen LogP contribution is 2.40. The van der Waals surface area contributed by atoms with E-state index < -0.39 is 0 Å². The van der Waals surface area contributed by atoms with Crippen molar-refractivity contribution in [2.24, 2.45) is 0 Å². The Morgan fingerprint density at radius 1 is 0.938 bits per heavy atom. The standard InChI is InChI=1S/C23H25FN4O4/c1-30-20-12-15(13-21(31-2)22(20)32-3)18-14-19(26-25-18)23(29)28-10-8-27(9-11-28)17-6-4-16(24)5-7-17/h4-7,12-14H,8-11H2,1-3H3,(H,25,26). The second-order valence-electron chi connectivity index (χ2n) is 7.34. The Hall–Kier alpha value is -3.75. The summed E-state index contributed by atoms with van der Waals surface area (Å²) in [6, 6.07) is 11.7. The van der Waals surface area contributed by atoms with Crippen LogP contribution in [-0.2, 0) is 0 Å². The van der Waals surface area contributed by atoms with Crippen LogP contribution >= 0.6 is 0 Å². The van der Waals surface area contributed by atoms with Gasteiger partial charge >= 0.3 is 0 Å². The van der Waals surface area contributed by atoms with Crippen LogP contribution in [-0.4, -0.2) is 68.5 Å². The maximum absolute atomic E-state index is 13.2. The Labute approximate surface area is 185 Å². The fourth-order valence-electron chi connectivity index (χ4n) is 3.80. The van der Waals surface area contributed by atoms with Gasteiger partial charge in [0.05, 0.1) is 27.0 Å². The minimum atomic E-state index is -0.260. The number of carbonyl (C=O) groups is 1. The number of amides is 1. The fourth-order valence-corrected chi connectivity index (χ4v) is 3.80. The van der Waals surface area contributed by atoms with Gasteiger partial charge in [-0.25, -0.2) is 4.39 Å². The second-order valence-corrected chi connectivity index (χ2v) is 7.34. The number of benzene rings is 2. The summed E-state index contributed by atoms with van der Waals surface area (Å²) in [6.07, 6.45) is 0. The van der Waals surface area contributed by atoms with E-state index >= 15 is 0 Å². The van der Waals surface area contributed by atoms with Gasteiger partial charge in [0, 0.05) is 37.4 Å². The van der Waals surface area contributed by atoms with Gasteiger partial charge in [0.15, 0.2) is 11.5 Å². The molecule has 0 unspecified atom stereocenters. The summed E-state index contributed by atoms with van der Waals surface area (Å²) < 4.78 is 29.3. The Morgan fingerprint density at radius 3 is 2.12 bits per heavy atom. The first-order chi connectivity index (χ1) is 15.5. The van der Waals surface area contributed by atoms with Gasteiger partial charge in [-0.05, 0) is 42.5 Å². The molecule has 1 N–H and O–H groups in total. The average molecular weight is 440 g/mol. The number of ether oxygens (including phenoxy) is 3. The molecule has 0 atom stereocenters. The third-order valence-corrected chi connectivity index (χ3v) is 5.53. The highest BCUT2D eigenvalue weighted by atomic mass is 19.1. The molecule has 1 aromatic heterocycles. The molecular weight excluding hydrogens is 415 g/mol. The summed E-state index contributed by atoms with van der Waals surface area (Å²) in [7, 11) is 4.64. The topological polar surface area (TPSA) is 79.9 Å². The molecule has 2 aromatic carbocycles. The zero-order valence-corrected chi connectivity index (χ0v) is 18.2. The molecule has 1 fully saturated rings. The number of hydrogen-bond acceptors (Lipinski definition) is 6. The maximum Gasteiger partial charge on any atom is 0.272 e. The first-order valence-electron chi connectivity index (χ1n) is 10.2. The number of aromatic amines is 1. The summed E-state index contributed by atoms with van der Waals surface area (Å²) in [5, 5.41) is 7.15. The lowest BCUT2D eigenvalue weighted by molar-refractivity contribution is 0.0741. The molecule has 0 radical (unpaired) electrons. The molecule has 8 nitrogen and oxygen atoms in total. The predicted molar refractivity (Wildman–Crippen MR) is 118 cm³/mol. The molecule has 1 aliphatic rings. The van der Waals surface area contributed by atoms with Crippen LogP contribution in [0.3, 0.4) is 0 Å². The molecule has 2 heterocycles. The zero-order chi connectivity index (χ0) is 22.7. The van der Waals surface area contributed by atoms with Gasteiger partial charge in [-0.1, -0.05) is 0 Å². The Morgan fingerprint density at radius 2 is 1.56 bits per heavy atom. The molecule has 3 aromatic rings. The third-order valence-electron chi connectivity index (χ3n) is 5.53. The summed E-state index contributed by atoms with van der Waals surface area (Å²) in [4.78, 5) is 16.9. The van der Waals surface area contributed by atoms with E-state index in [-0.39, 0.29) is 11.7 Å². The first-order valence-corrected chi connectivity index (χ1v) is 10.2. The summed E-state index contributed by atoms with van der Waals surface area (Å²) in [6.45, 7) is 2.47. The van der Waals surface area contributed by atoms with Crippen molar-refractivity contribution in [1.82, 2.24) is 15.1 Å². The van der Waals surface area contributed by atoms with Crippen LogP contribution in [0.2, 0.25) is 0 Å². The third kappa shape index (κ3) is 4.18. The highest BCUT2D eigenvalue weighted by Gasteiger charge is 2.24. The molecule has 168 valence electrons. The van der Waals surface area contributed by atoms with Crippen molar-refractivity contribution < 1.29 is 23.4 Å². The SMILES string of the molecule is COc1cc(-c2cc(C(=O)N3CCN(c4ccc(F)cc4)CC3)[nH]n2)cc(OC)c1OC. The Kier molecular flexibility index (Phi) is 6.16. The lowest BCUT2D eigenvalue weighted by Gasteiger charge is -2.35. The number of halogens is 1. The number of piperazine rings is 1. The van der Waals surface area contributed by atoms with Crippen LogP contribution in [0.15, 0.2) is 42.5 Å². The zero-order valence-electron chi connectivity index (χ0n) is 18.2. The molecule has 9 heteroatoms. The molecule has 4 rings (SSSR count).